The fourth-order valence-corrected chi connectivity index (χ4v) is 3.31. The van der Waals surface area contributed by atoms with Gasteiger partial charge in [0.2, 0.25) is 0 Å². The van der Waals surface area contributed by atoms with Crippen molar-refractivity contribution in [2.75, 3.05) is 26.2 Å². The van der Waals surface area contributed by atoms with Crippen molar-refractivity contribution in [1.82, 2.24) is 10.2 Å². The first kappa shape index (κ1) is 20.8. The summed E-state index contributed by atoms with van der Waals surface area (Å²) < 4.78 is 5.78. The smallest absolute Gasteiger partial charge is 0.260 e. The van der Waals surface area contributed by atoms with Gasteiger partial charge in [-0.3, -0.25) is 4.79 Å². The van der Waals surface area contributed by atoms with Gasteiger partial charge >= 0.3 is 0 Å². The van der Waals surface area contributed by atoms with Crippen molar-refractivity contribution in [3.8, 4) is 5.75 Å². The van der Waals surface area contributed by atoms with Crippen molar-refractivity contribution in [1.29, 1.82) is 0 Å². The van der Waals surface area contributed by atoms with Gasteiger partial charge in [0.1, 0.15) is 5.75 Å². The van der Waals surface area contributed by atoms with Gasteiger partial charge in [-0.25, -0.2) is 0 Å². The van der Waals surface area contributed by atoms with E-state index in [-0.39, 0.29) is 11.3 Å². The highest BCUT2D eigenvalue weighted by molar-refractivity contribution is 5.80. The highest BCUT2D eigenvalue weighted by Crippen LogP contribution is 2.24. The minimum Gasteiger partial charge on any atom is -0.481 e. The second kappa shape index (κ2) is 9.96. The maximum absolute atomic E-state index is 12.2. The molecule has 4 heteroatoms. The second-order valence-electron chi connectivity index (χ2n) is 8.43. The van der Waals surface area contributed by atoms with Crippen LogP contribution in [0.25, 0.3) is 0 Å². The molecule has 0 spiro atoms. The lowest BCUT2D eigenvalue weighted by Crippen LogP contribution is -2.38. The van der Waals surface area contributed by atoms with Crippen LogP contribution >= 0.6 is 0 Å². The number of nitrogens with zero attached hydrogens (tertiary/aromatic N) is 1. The van der Waals surface area contributed by atoms with Gasteiger partial charge in [-0.2, -0.15) is 0 Å². The molecule has 1 heterocycles. The monoisotopic (exact) mass is 360 g/mol. The molecule has 1 atom stereocenters. The molecule has 0 aliphatic carbocycles. The van der Waals surface area contributed by atoms with Gasteiger partial charge in [-0.1, -0.05) is 45.7 Å². The number of likely N-dealkylation sites (tertiary alicyclic amines) is 1. The SMILES string of the molecule is C[C@@H](Oc1ccc(C(C)(C)C)cc1)C(=O)NCCCN1CCCCCC1. The van der Waals surface area contributed by atoms with Crippen LogP contribution in [0.5, 0.6) is 5.75 Å². The Balaban J connectivity index is 1.68. The average molecular weight is 361 g/mol. The average Bonchev–Trinajstić information content (AvgIpc) is 2.87. The largest absolute Gasteiger partial charge is 0.481 e. The molecule has 1 aromatic carbocycles. The van der Waals surface area contributed by atoms with Gasteiger partial charge in [0, 0.05) is 6.54 Å². The van der Waals surface area contributed by atoms with E-state index >= 15 is 0 Å². The van der Waals surface area contributed by atoms with E-state index in [4.69, 9.17) is 4.74 Å². The highest BCUT2D eigenvalue weighted by Gasteiger charge is 2.16. The Bertz CT molecular complexity index is 540. The Kier molecular flexibility index (Phi) is 7.95. The maximum Gasteiger partial charge on any atom is 0.260 e. The third-order valence-corrected chi connectivity index (χ3v) is 5.05. The van der Waals surface area contributed by atoms with Crippen LogP contribution in [0.3, 0.4) is 0 Å². The van der Waals surface area contributed by atoms with E-state index in [9.17, 15) is 4.79 Å². The molecule has 0 bridgehead atoms. The number of nitrogens with one attached hydrogen (secondary N) is 1. The maximum atomic E-state index is 12.2. The first-order valence-corrected chi connectivity index (χ1v) is 10.1. The molecule has 1 aliphatic heterocycles. The number of hydrogen-bond donors (Lipinski definition) is 1. The number of rotatable bonds is 7. The molecule has 1 fully saturated rings. The van der Waals surface area contributed by atoms with Crippen LogP contribution in [0.1, 0.15) is 65.4 Å². The quantitative estimate of drug-likeness (QED) is 0.743. The molecule has 1 aliphatic rings. The third kappa shape index (κ3) is 6.99. The Morgan fingerprint density at radius 2 is 1.73 bits per heavy atom. The van der Waals surface area contributed by atoms with E-state index in [1.165, 1.54) is 44.3 Å². The lowest BCUT2D eigenvalue weighted by molar-refractivity contribution is -0.127. The summed E-state index contributed by atoms with van der Waals surface area (Å²) in [4.78, 5) is 14.8. The molecule has 0 unspecified atom stereocenters. The molecular formula is C22H36N2O2. The predicted molar refractivity (Wildman–Crippen MR) is 108 cm³/mol. The van der Waals surface area contributed by atoms with Crippen LogP contribution in [0.15, 0.2) is 24.3 Å². The molecule has 4 nitrogen and oxygen atoms in total. The van der Waals surface area contributed by atoms with E-state index in [2.05, 4.69) is 43.1 Å². The summed E-state index contributed by atoms with van der Waals surface area (Å²) in [7, 11) is 0. The molecule has 146 valence electrons. The molecule has 1 amide bonds. The molecule has 0 aromatic heterocycles. The molecule has 1 aromatic rings. The Labute approximate surface area is 159 Å². The lowest BCUT2D eigenvalue weighted by atomic mass is 9.87. The van der Waals surface area contributed by atoms with Crippen LogP contribution in [-0.2, 0) is 10.2 Å². The fraction of sp³-hybridized carbons (Fsp3) is 0.682. The number of ether oxygens (including phenoxy) is 1. The van der Waals surface area contributed by atoms with Crippen molar-refractivity contribution >= 4 is 5.91 Å². The van der Waals surface area contributed by atoms with Crippen LogP contribution in [0.2, 0.25) is 0 Å². The van der Waals surface area contributed by atoms with Crippen molar-refractivity contribution in [3.63, 3.8) is 0 Å². The molecule has 26 heavy (non-hydrogen) atoms. The van der Waals surface area contributed by atoms with Crippen LogP contribution in [-0.4, -0.2) is 43.1 Å². The zero-order valence-corrected chi connectivity index (χ0v) is 17.0. The van der Waals surface area contributed by atoms with Gasteiger partial charge in [-0.05, 0) is 68.9 Å². The van der Waals surface area contributed by atoms with Crippen LogP contribution < -0.4 is 10.1 Å². The molecule has 2 rings (SSSR count). The number of carbonyl (C=O) groups is 1. The summed E-state index contributed by atoms with van der Waals surface area (Å²) in [6.45, 7) is 12.6. The molecular weight excluding hydrogens is 324 g/mol. The molecule has 0 radical (unpaired) electrons. The zero-order chi connectivity index (χ0) is 19.0. The number of hydrogen-bond acceptors (Lipinski definition) is 3. The standard InChI is InChI=1S/C22H36N2O2/c1-18(26-20-12-10-19(11-13-20)22(2,3)4)21(25)23-14-9-17-24-15-7-5-6-8-16-24/h10-13,18H,5-9,14-17H2,1-4H3,(H,23,25)/t18-/m1/s1. The summed E-state index contributed by atoms with van der Waals surface area (Å²) in [6.07, 6.45) is 5.86. The van der Waals surface area contributed by atoms with E-state index in [0.29, 0.717) is 6.54 Å². The minimum atomic E-state index is -0.478. The predicted octanol–water partition coefficient (Wildman–Crippen LogP) is 4.13. The Morgan fingerprint density at radius 3 is 2.31 bits per heavy atom. The Morgan fingerprint density at radius 1 is 1.12 bits per heavy atom. The molecule has 1 N–H and O–H groups in total. The van der Waals surface area contributed by atoms with Crippen molar-refractivity contribution < 1.29 is 9.53 Å². The van der Waals surface area contributed by atoms with Crippen molar-refractivity contribution in [2.45, 2.75) is 71.3 Å². The molecule has 1 saturated heterocycles. The van der Waals surface area contributed by atoms with Crippen molar-refractivity contribution in [2.24, 2.45) is 0 Å². The van der Waals surface area contributed by atoms with Gasteiger partial charge < -0.3 is 15.0 Å². The Hall–Kier alpha value is -1.55. The van der Waals surface area contributed by atoms with Gasteiger partial charge in [0.25, 0.3) is 5.91 Å². The summed E-state index contributed by atoms with van der Waals surface area (Å²) in [5, 5.41) is 3.00. The molecule has 0 saturated carbocycles. The zero-order valence-electron chi connectivity index (χ0n) is 17.0. The summed E-state index contributed by atoms with van der Waals surface area (Å²) in [5.74, 6) is 0.700. The lowest BCUT2D eigenvalue weighted by Gasteiger charge is -2.21. The number of benzene rings is 1. The summed E-state index contributed by atoms with van der Waals surface area (Å²) in [6, 6.07) is 8.04. The van der Waals surface area contributed by atoms with Crippen LogP contribution in [0, 0.1) is 0 Å². The number of amides is 1. The summed E-state index contributed by atoms with van der Waals surface area (Å²) >= 11 is 0. The highest BCUT2D eigenvalue weighted by atomic mass is 16.5. The first-order valence-electron chi connectivity index (χ1n) is 10.1. The minimum absolute atomic E-state index is 0.0410. The fourth-order valence-electron chi connectivity index (χ4n) is 3.31. The second-order valence-corrected chi connectivity index (χ2v) is 8.43. The van der Waals surface area contributed by atoms with E-state index in [0.717, 1.165) is 18.7 Å². The van der Waals surface area contributed by atoms with Gasteiger partial charge in [-0.15, -0.1) is 0 Å². The van der Waals surface area contributed by atoms with Gasteiger partial charge in [0.15, 0.2) is 6.10 Å². The van der Waals surface area contributed by atoms with Crippen molar-refractivity contribution in [3.05, 3.63) is 29.8 Å². The van der Waals surface area contributed by atoms with E-state index in [1.54, 1.807) is 0 Å². The van der Waals surface area contributed by atoms with E-state index in [1.807, 2.05) is 19.1 Å². The summed E-state index contributed by atoms with van der Waals surface area (Å²) in [5.41, 5.74) is 1.38. The normalized spacial score (nSPS) is 17.4. The van der Waals surface area contributed by atoms with Crippen LogP contribution in [0.4, 0.5) is 0 Å². The first-order chi connectivity index (χ1) is 12.4. The topological polar surface area (TPSA) is 41.6 Å². The van der Waals surface area contributed by atoms with E-state index < -0.39 is 6.10 Å². The third-order valence-electron chi connectivity index (χ3n) is 5.05. The van der Waals surface area contributed by atoms with Gasteiger partial charge in [0.05, 0.1) is 0 Å². The number of carbonyl (C=O) groups excluding carboxylic acids is 1.